The second kappa shape index (κ2) is 8.25. The summed E-state index contributed by atoms with van der Waals surface area (Å²) in [5.74, 6) is 2.97. The number of ether oxygens (including phenoxy) is 2. The second-order valence-electron chi connectivity index (χ2n) is 6.76. The van der Waals surface area contributed by atoms with Crippen molar-refractivity contribution in [2.24, 2.45) is 5.73 Å². The third-order valence-electron chi connectivity index (χ3n) is 4.69. The zero-order chi connectivity index (χ0) is 20.3. The molecule has 0 amide bonds. The Hall–Kier alpha value is -3.23. The SMILES string of the molecule is NCCSc1ccc(Nc2nc3cccc(-c4ccc5c(c4)OCCO5)n3n2)cc1. The van der Waals surface area contributed by atoms with Crippen LogP contribution in [0.3, 0.4) is 0 Å². The molecule has 4 aromatic rings. The van der Waals surface area contributed by atoms with E-state index >= 15 is 0 Å². The van der Waals surface area contributed by atoms with Gasteiger partial charge in [0, 0.05) is 28.4 Å². The highest BCUT2D eigenvalue weighted by molar-refractivity contribution is 7.99. The number of thioether (sulfide) groups is 1. The van der Waals surface area contributed by atoms with E-state index in [9.17, 15) is 0 Å². The lowest BCUT2D eigenvalue weighted by atomic mass is 10.1. The lowest BCUT2D eigenvalue weighted by molar-refractivity contribution is 0.171. The molecular weight excluding hydrogens is 398 g/mol. The lowest BCUT2D eigenvalue weighted by Gasteiger charge is -2.19. The van der Waals surface area contributed by atoms with Crippen LogP contribution in [0.4, 0.5) is 11.6 Å². The maximum Gasteiger partial charge on any atom is 0.247 e. The number of pyridine rings is 1. The first-order chi connectivity index (χ1) is 14.8. The van der Waals surface area contributed by atoms with Gasteiger partial charge in [-0.05, 0) is 54.6 Å². The molecule has 2 aromatic heterocycles. The van der Waals surface area contributed by atoms with E-state index in [2.05, 4.69) is 27.5 Å². The summed E-state index contributed by atoms with van der Waals surface area (Å²) in [5, 5.41) is 7.95. The fourth-order valence-corrected chi connectivity index (χ4v) is 4.00. The van der Waals surface area contributed by atoms with Crippen LogP contribution in [0.5, 0.6) is 11.5 Å². The van der Waals surface area contributed by atoms with E-state index in [-0.39, 0.29) is 0 Å². The number of hydrogen-bond acceptors (Lipinski definition) is 7. The summed E-state index contributed by atoms with van der Waals surface area (Å²) < 4.78 is 13.2. The van der Waals surface area contributed by atoms with Crippen molar-refractivity contribution in [2.45, 2.75) is 4.90 Å². The molecule has 1 aliphatic rings. The smallest absolute Gasteiger partial charge is 0.247 e. The van der Waals surface area contributed by atoms with Crippen molar-refractivity contribution in [3.63, 3.8) is 0 Å². The molecule has 2 aromatic carbocycles. The molecule has 1 aliphatic heterocycles. The van der Waals surface area contributed by atoms with Gasteiger partial charge in [0.1, 0.15) is 13.2 Å². The Morgan fingerprint density at radius 3 is 2.67 bits per heavy atom. The van der Waals surface area contributed by atoms with Gasteiger partial charge in [-0.15, -0.1) is 16.9 Å². The minimum atomic E-state index is 0.544. The number of nitrogens with two attached hydrogens (primary N) is 1. The zero-order valence-electron chi connectivity index (χ0n) is 16.2. The van der Waals surface area contributed by atoms with Crippen LogP contribution < -0.4 is 20.5 Å². The molecule has 0 unspecified atom stereocenters. The minimum absolute atomic E-state index is 0.544. The van der Waals surface area contributed by atoms with Crippen LogP contribution in [-0.4, -0.2) is 40.1 Å². The van der Waals surface area contributed by atoms with E-state index in [1.165, 1.54) is 4.90 Å². The first-order valence-electron chi connectivity index (χ1n) is 9.76. The van der Waals surface area contributed by atoms with Crippen LogP contribution in [0.15, 0.2) is 65.6 Å². The van der Waals surface area contributed by atoms with Gasteiger partial charge in [0.15, 0.2) is 17.1 Å². The number of hydrogen-bond donors (Lipinski definition) is 2. The van der Waals surface area contributed by atoms with Crippen LogP contribution >= 0.6 is 11.8 Å². The molecule has 0 radical (unpaired) electrons. The molecule has 0 saturated heterocycles. The lowest BCUT2D eigenvalue weighted by Crippen LogP contribution is -2.15. The van der Waals surface area contributed by atoms with E-state index in [1.54, 1.807) is 11.8 Å². The molecule has 0 fully saturated rings. The Morgan fingerprint density at radius 1 is 1.00 bits per heavy atom. The summed E-state index contributed by atoms with van der Waals surface area (Å²) in [6.45, 7) is 1.80. The highest BCUT2D eigenvalue weighted by Crippen LogP contribution is 2.34. The van der Waals surface area contributed by atoms with Gasteiger partial charge in [-0.3, -0.25) is 0 Å². The Bertz CT molecular complexity index is 1180. The Balaban J connectivity index is 1.42. The maximum absolute atomic E-state index is 5.72. The average Bonchev–Trinajstić information content (AvgIpc) is 3.21. The van der Waals surface area contributed by atoms with Crippen LogP contribution in [0, 0.1) is 0 Å². The van der Waals surface area contributed by atoms with E-state index in [0.717, 1.165) is 39.8 Å². The summed E-state index contributed by atoms with van der Waals surface area (Å²) in [5.41, 5.74) is 9.18. The third-order valence-corrected chi connectivity index (χ3v) is 5.74. The number of nitrogens with zero attached hydrogens (tertiary/aromatic N) is 3. The Kier molecular flexibility index (Phi) is 5.17. The van der Waals surface area contributed by atoms with Gasteiger partial charge >= 0.3 is 0 Å². The fraction of sp³-hybridized carbons (Fsp3) is 0.182. The predicted octanol–water partition coefficient (Wildman–Crippen LogP) is 3.96. The summed E-state index contributed by atoms with van der Waals surface area (Å²) in [6.07, 6.45) is 0. The molecule has 0 aliphatic carbocycles. The number of aromatic nitrogens is 3. The fourth-order valence-electron chi connectivity index (χ4n) is 3.32. The first-order valence-corrected chi connectivity index (χ1v) is 10.7. The van der Waals surface area contributed by atoms with E-state index in [0.29, 0.717) is 25.7 Å². The summed E-state index contributed by atoms with van der Waals surface area (Å²) >= 11 is 1.74. The predicted molar refractivity (Wildman–Crippen MR) is 119 cm³/mol. The van der Waals surface area contributed by atoms with Crippen LogP contribution in [0.2, 0.25) is 0 Å². The molecule has 0 saturated carbocycles. The molecule has 7 nitrogen and oxygen atoms in total. The van der Waals surface area contributed by atoms with E-state index in [1.807, 2.05) is 53.0 Å². The Morgan fingerprint density at radius 2 is 1.83 bits per heavy atom. The monoisotopic (exact) mass is 419 g/mol. The molecule has 0 bridgehead atoms. The van der Waals surface area contributed by atoms with Crippen LogP contribution in [0.25, 0.3) is 16.9 Å². The molecule has 5 rings (SSSR count). The van der Waals surface area contributed by atoms with E-state index < -0.39 is 0 Å². The normalized spacial score (nSPS) is 12.8. The molecule has 3 N–H and O–H groups in total. The number of nitrogens with one attached hydrogen (secondary N) is 1. The van der Waals surface area contributed by atoms with Gasteiger partial charge in [0.05, 0.1) is 5.69 Å². The number of fused-ring (bicyclic) bond motifs is 2. The van der Waals surface area contributed by atoms with Gasteiger partial charge in [-0.1, -0.05) is 6.07 Å². The van der Waals surface area contributed by atoms with Crippen molar-refractivity contribution >= 4 is 29.0 Å². The number of anilines is 2. The van der Waals surface area contributed by atoms with Gasteiger partial charge in [0.2, 0.25) is 5.95 Å². The minimum Gasteiger partial charge on any atom is -0.486 e. The quantitative estimate of drug-likeness (QED) is 0.458. The average molecular weight is 420 g/mol. The zero-order valence-corrected chi connectivity index (χ0v) is 17.1. The Labute approximate surface area is 178 Å². The number of rotatable bonds is 6. The molecule has 152 valence electrons. The van der Waals surface area contributed by atoms with Crippen LogP contribution in [0.1, 0.15) is 0 Å². The highest BCUT2D eigenvalue weighted by atomic mass is 32.2. The van der Waals surface area contributed by atoms with Crippen molar-refractivity contribution in [3.05, 3.63) is 60.7 Å². The van der Waals surface area contributed by atoms with Crippen molar-refractivity contribution in [1.82, 2.24) is 14.6 Å². The van der Waals surface area contributed by atoms with E-state index in [4.69, 9.17) is 15.2 Å². The van der Waals surface area contributed by atoms with Crippen molar-refractivity contribution < 1.29 is 9.47 Å². The van der Waals surface area contributed by atoms with Gasteiger partial charge in [0.25, 0.3) is 0 Å². The topological polar surface area (TPSA) is 86.7 Å². The molecule has 8 heteroatoms. The summed E-state index contributed by atoms with van der Waals surface area (Å²) in [7, 11) is 0. The molecular formula is C22H21N5O2S. The molecule has 3 heterocycles. The molecule has 30 heavy (non-hydrogen) atoms. The van der Waals surface area contributed by atoms with Gasteiger partial charge < -0.3 is 20.5 Å². The van der Waals surface area contributed by atoms with Crippen molar-refractivity contribution in [2.75, 3.05) is 30.8 Å². The molecule has 0 atom stereocenters. The standard InChI is InChI=1S/C22H21N5O2S/c23-10-13-30-17-7-5-16(6-8-17)24-22-25-21-3-1-2-18(27(21)26-22)15-4-9-19-20(14-15)29-12-11-28-19/h1-9,14H,10-13,23H2,(H,24,26). The van der Waals surface area contributed by atoms with Crippen LogP contribution in [-0.2, 0) is 0 Å². The maximum atomic E-state index is 5.72. The number of benzene rings is 2. The highest BCUT2D eigenvalue weighted by Gasteiger charge is 2.15. The summed E-state index contributed by atoms with van der Waals surface area (Å²) in [6, 6.07) is 20.0. The van der Waals surface area contributed by atoms with Crippen molar-refractivity contribution in [3.8, 4) is 22.8 Å². The van der Waals surface area contributed by atoms with Gasteiger partial charge in [-0.2, -0.15) is 4.98 Å². The largest absolute Gasteiger partial charge is 0.486 e. The third kappa shape index (κ3) is 3.79. The molecule has 0 spiro atoms. The second-order valence-corrected chi connectivity index (χ2v) is 7.93. The first kappa shape index (κ1) is 18.8. The summed E-state index contributed by atoms with van der Waals surface area (Å²) in [4.78, 5) is 5.81. The van der Waals surface area contributed by atoms with Crippen molar-refractivity contribution in [1.29, 1.82) is 0 Å². The van der Waals surface area contributed by atoms with Gasteiger partial charge in [-0.25, -0.2) is 4.52 Å².